The van der Waals surface area contributed by atoms with Crippen LogP contribution in [0.4, 0.5) is 0 Å². The predicted octanol–water partition coefficient (Wildman–Crippen LogP) is 1.26. The lowest BCUT2D eigenvalue weighted by atomic mass is 9.96. The fraction of sp³-hybridized carbons (Fsp3) is 0.538. The van der Waals surface area contributed by atoms with Crippen LogP contribution < -0.4 is 10.5 Å². The summed E-state index contributed by atoms with van der Waals surface area (Å²) in [5.41, 5.74) is 7.27. The SMILES string of the molecule is CC(O)(CN)CCc1ccc2c(c1)CCO2. The van der Waals surface area contributed by atoms with E-state index in [1.807, 2.05) is 6.07 Å². The third kappa shape index (κ3) is 2.54. The van der Waals surface area contributed by atoms with Gasteiger partial charge >= 0.3 is 0 Å². The zero-order valence-electron chi connectivity index (χ0n) is 9.70. The van der Waals surface area contributed by atoms with Crippen LogP contribution in [-0.2, 0) is 12.8 Å². The third-order valence-electron chi connectivity index (χ3n) is 3.15. The summed E-state index contributed by atoms with van der Waals surface area (Å²) in [4.78, 5) is 0. The Morgan fingerprint density at radius 2 is 2.31 bits per heavy atom. The van der Waals surface area contributed by atoms with Crippen LogP contribution in [0.2, 0.25) is 0 Å². The molecule has 3 heteroatoms. The fourth-order valence-electron chi connectivity index (χ4n) is 1.91. The summed E-state index contributed by atoms with van der Waals surface area (Å²) in [7, 11) is 0. The molecule has 3 nitrogen and oxygen atoms in total. The summed E-state index contributed by atoms with van der Waals surface area (Å²) < 4.78 is 5.45. The van der Waals surface area contributed by atoms with Gasteiger partial charge in [-0.3, -0.25) is 0 Å². The molecule has 0 radical (unpaired) electrons. The second-order valence-corrected chi connectivity index (χ2v) is 4.74. The minimum Gasteiger partial charge on any atom is -0.493 e. The second-order valence-electron chi connectivity index (χ2n) is 4.74. The van der Waals surface area contributed by atoms with Crippen molar-refractivity contribution in [1.29, 1.82) is 0 Å². The standard InChI is InChI=1S/C13H19NO2/c1-13(15,9-14)6-4-10-2-3-12-11(8-10)5-7-16-12/h2-3,8,15H,4-7,9,14H2,1H3. The zero-order chi connectivity index (χ0) is 11.6. The van der Waals surface area contributed by atoms with E-state index in [2.05, 4.69) is 12.1 Å². The molecule has 3 N–H and O–H groups in total. The Balaban J connectivity index is 2.00. The average Bonchev–Trinajstić information content (AvgIpc) is 2.73. The van der Waals surface area contributed by atoms with Crippen LogP contribution in [0.25, 0.3) is 0 Å². The first-order valence-corrected chi connectivity index (χ1v) is 5.78. The molecule has 0 aromatic heterocycles. The first kappa shape index (κ1) is 11.4. The lowest BCUT2D eigenvalue weighted by Crippen LogP contribution is -2.34. The monoisotopic (exact) mass is 221 g/mol. The summed E-state index contributed by atoms with van der Waals surface area (Å²) in [6.07, 6.45) is 2.55. The van der Waals surface area contributed by atoms with Crippen molar-refractivity contribution in [3.05, 3.63) is 29.3 Å². The van der Waals surface area contributed by atoms with Crippen LogP contribution >= 0.6 is 0 Å². The van der Waals surface area contributed by atoms with Crippen LogP contribution in [0, 0.1) is 0 Å². The van der Waals surface area contributed by atoms with Gasteiger partial charge in [0.1, 0.15) is 5.75 Å². The maximum atomic E-state index is 9.83. The number of benzene rings is 1. The van der Waals surface area contributed by atoms with E-state index >= 15 is 0 Å². The van der Waals surface area contributed by atoms with Crippen LogP contribution in [0.1, 0.15) is 24.5 Å². The van der Waals surface area contributed by atoms with Crippen molar-refractivity contribution in [2.24, 2.45) is 5.73 Å². The van der Waals surface area contributed by atoms with Gasteiger partial charge in [0, 0.05) is 13.0 Å². The number of aryl methyl sites for hydroxylation is 1. The van der Waals surface area contributed by atoms with Gasteiger partial charge in [0.25, 0.3) is 0 Å². The number of nitrogens with two attached hydrogens (primary N) is 1. The predicted molar refractivity (Wildman–Crippen MR) is 63.6 cm³/mol. The van der Waals surface area contributed by atoms with Gasteiger partial charge in [-0.25, -0.2) is 0 Å². The Kier molecular flexibility index (Phi) is 3.17. The highest BCUT2D eigenvalue weighted by Crippen LogP contribution is 2.26. The number of fused-ring (bicyclic) bond motifs is 1. The maximum Gasteiger partial charge on any atom is 0.122 e. The smallest absolute Gasteiger partial charge is 0.122 e. The van der Waals surface area contributed by atoms with Gasteiger partial charge in [-0.2, -0.15) is 0 Å². The minimum absolute atomic E-state index is 0.307. The van der Waals surface area contributed by atoms with E-state index in [1.54, 1.807) is 6.92 Å². The highest BCUT2D eigenvalue weighted by Gasteiger charge is 2.18. The largest absolute Gasteiger partial charge is 0.493 e. The number of rotatable bonds is 4. The quantitative estimate of drug-likeness (QED) is 0.805. The summed E-state index contributed by atoms with van der Waals surface area (Å²) in [6, 6.07) is 6.26. The molecule has 0 amide bonds. The summed E-state index contributed by atoms with van der Waals surface area (Å²) >= 11 is 0. The maximum absolute atomic E-state index is 9.83. The number of ether oxygens (including phenoxy) is 1. The Bertz CT molecular complexity index is 374. The van der Waals surface area contributed by atoms with Crippen LogP contribution in [0.15, 0.2) is 18.2 Å². The van der Waals surface area contributed by atoms with Crippen molar-refractivity contribution in [2.75, 3.05) is 13.2 Å². The molecular weight excluding hydrogens is 202 g/mol. The fourth-order valence-corrected chi connectivity index (χ4v) is 1.91. The average molecular weight is 221 g/mol. The Labute approximate surface area is 96.2 Å². The number of hydrogen-bond acceptors (Lipinski definition) is 3. The molecule has 0 saturated heterocycles. The van der Waals surface area contributed by atoms with E-state index in [0.717, 1.165) is 25.2 Å². The van der Waals surface area contributed by atoms with E-state index in [-0.39, 0.29) is 0 Å². The molecule has 1 aliphatic rings. The summed E-state index contributed by atoms with van der Waals surface area (Å²) in [5, 5.41) is 9.83. The van der Waals surface area contributed by atoms with Crippen molar-refractivity contribution >= 4 is 0 Å². The summed E-state index contributed by atoms with van der Waals surface area (Å²) in [5.74, 6) is 1.01. The van der Waals surface area contributed by atoms with Crippen LogP contribution in [-0.4, -0.2) is 23.9 Å². The summed E-state index contributed by atoms with van der Waals surface area (Å²) in [6.45, 7) is 2.88. The molecule has 1 heterocycles. The molecule has 0 fully saturated rings. The topological polar surface area (TPSA) is 55.5 Å². The van der Waals surface area contributed by atoms with E-state index in [4.69, 9.17) is 10.5 Å². The van der Waals surface area contributed by atoms with Crippen LogP contribution in [0.5, 0.6) is 5.75 Å². The van der Waals surface area contributed by atoms with Crippen molar-refractivity contribution < 1.29 is 9.84 Å². The van der Waals surface area contributed by atoms with Crippen molar-refractivity contribution in [3.8, 4) is 5.75 Å². The molecule has 1 aromatic rings. The second kappa shape index (κ2) is 4.44. The van der Waals surface area contributed by atoms with Gasteiger partial charge in [0.05, 0.1) is 12.2 Å². The molecule has 0 saturated carbocycles. The van der Waals surface area contributed by atoms with Gasteiger partial charge < -0.3 is 15.6 Å². The van der Waals surface area contributed by atoms with Crippen molar-refractivity contribution in [2.45, 2.75) is 31.8 Å². The molecule has 1 atom stereocenters. The Morgan fingerprint density at radius 3 is 3.06 bits per heavy atom. The molecule has 0 aliphatic carbocycles. The normalized spacial score (nSPS) is 17.7. The van der Waals surface area contributed by atoms with Crippen LogP contribution in [0.3, 0.4) is 0 Å². The lowest BCUT2D eigenvalue weighted by Gasteiger charge is -2.20. The first-order chi connectivity index (χ1) is 7.61. The van der Waals surface area contributed by atoms with E-state index < -0.39 is 5.60 Å². The molecule has 0 spiro atoms. The number of aliphatic hydroxyl groups is 1. The first-order valence-electron chi connectivity index (χ1n) is 5.78. The third-order valence-corrected chi connectivity index (χ3v) is 3.15. The van der Waals surface area contributed by atoms with Gasteiger partial charge in [0.15, 0.2) is 0 Å². The molecule has 88 valence electrons. The van der Waals surface area contributed by atoms with Gasteiger partial charge in [0.2, 0.25) is 0 Å². The molecule has 1 aliphatic heterocycles. The van der Waals surface area contributed by atoms with Crippen molar-refractivity contribution in [1.82, 2.24) is 0 Å². The molecule has 0 bridgehead atoms. The zero-order valence-corrected chi connectivity index (χ0v) is 9.70. The van der Waals surface area contributed by atoms with Gasteiger partial charge in [-0.05, 0) is 37.0 Å². The highest BCUT2D eigenvalue weighted by molar-refractivity contribution is 5.39. The van der Waals surface area contributed by atoms with Gasteiger partial charge in [-0.15, -0.1) is 0 Å². The molecule has 1 aromatic carbocycles. The lowest BCUT2D eigenvalue weighted by molar-refractivity contribution is 0.0603. The van der Waals surface area contributed by atoms with Crippen molar-refractivity contribution in [3.63, 3.8) is 0 Å². The Hall–Kier alpha value is -1.06. The molecule has 1 unspecified atom stereocenters. The van der Waals surface area contributed by atoms with Gasteiger partial charge in [-0.1, -0.05) is 12.1 Å². The Morgan fingerprint density at radius 1 is 1.50 bits per heavy atom. The highest BCUT2D eigenvalue weighted by atomic mass is 16.5. The number of hydrogen-bond donors (Lipinski definition) is 2. The molecule has 16 heavy (non-hydrogen) atoms. The molecular formula is C13H19NO2. The van der Waals surface area contributed by atoms with E-state index in [9.17, 15) is 5.11 Å². The molecule has 2 rings (SSSR count). The van der Waals surface area contributed by atoms with E-state index in [0.29, 0.717) is 13.0 Å². The minimum atomic E-state index is -0.754. The van der Waals surface area contributed by atoms with E-state index in [1.165, 1.54) is 11.1 Å².